The first kappa shape index (κ1) is 11.4. The molecule has 0 saturated carbocycles. The number of aliphatic carboxylic acids is 1. The Hall–Kier alpha value is -0.710. The van der Waals surface area contributed by atoms with E-state index in [0.717, 1.165) is 5.56 Å². The van der Waals surface area contributed by atoms with Gasteiger partial charge in [0.05, 0.1) is 6.42 Å². The molecule has 1 aromatic rings. The third-order valence-electron chi connectivity index (χ3n) is 1.79. The average molecular weight is 204 g/mol. The molecule has 4 nitrogen and oxygen atoms in total. The summed E-state index contributed by atoms with van der Waals surface area (Å²) in [6.07, 6.45) is 0.0106. The van der Waals surface area contributed by atoms with E-state index in [-0.39, 0.29) is 42.8 Å². The van der Waals surface area contributed by atoms with E-state index in [1.54, 1.807) is 18.2 Å². The number of ether oxygens (including phenoxy) is 2. The molecule has 0 atom stereocenters. The van der Waals surface area contributed by atoms with Gasteiger partial charge in [0, 0.05) is 0 Å². The Bertz CT molecular complexity index is 351. The van der Waals surface area contributed by atoms with Crippen LogP contribution >= 0.6 is 0 Å². The maximum atomic E-state index is 10.4. The van der Waals surface area contributed by atoms with Gasteiger partial charge in [0.2, 0.25) is 6.79 Å². The zero-order valence-corrected chi connectivity index (χ0v) is 6.82. The van der Waals surface area contributed by atoms with Crippen LogP contribution in [0.15, 0.2) is 18.2 Å². The van der Waals surface area contributed by atoms with Gasteiger partial charge < -0.3 is 14.6 Å². The van der Waals surface area contributed by atoms with E-state index in [2.05, 4.69) is 0 Å². The first-order chi connectivity index (χ1) is 6.25. The molecule has 1 aliphatic rings. The van der Waals surface area contributed by atoms with Gasteiger partial charge in [-0.2, -0.15) is 0 Å². The Morgan fingerprint density at radius 2 is 2.07 bits per heavy atom. The summed E-state index contributed by atoms with van der Waals surface area (Å²) in [6, 6.07) is 5.14. The van der Waals surface area contributed by atoms with E-state index in [1.807, 2.05) is 0 Å². The van der Waals surface area contributed by atoms with E-state index in [9.17, 15) is 4.79 Å². The minimum atomic E-state index is -0.848. The molecule has 2 rings (SSSR count). The number of carboxylic acid groups (broad SMARTS) is 1. The van der Waals surface area contributed by atoms with Crippen molar-refractivity contribution in [1.29, 1.82) is 0 Å². The Morgan fingerprint density at radius 3 is 2.79 bits per heavy atom. The molecule has 0 bridgehead atoms. The summed E-state index contributed by atoms with van der Waals surface area (Å²) in [5.74, 6) is 0.451. The Morgan fingerprint density at radius 1 is 1.36 bits per heavy atom. The molecule has 5 heteroatoms. The molecular weight excluding hydrogens is 195 g/mol. The molecule has 0 amide bonds. The van der Waals surface area contributed by atoms with Crippen LogP contribution in [0.2, 0.25) is 0 Å². The molecule has 1 N–H and O–H groups in total. The topological polar surface area (TPSA) is 55.8 Å². The van der Waals surface area contributed by atoms with Crippen LogP contribution in [0.4, 0.5) is 0 Å². The van der Waals surface area contributed by atoms with Crippen molar-refractivity contribution in [3.05, 3.63) is 23.8 Å². The predicted octanol–water partition coefficient (Wildman–Crippen LogP) is 0.394. The molecule has 0 unspecified atom stereocenters. The standard InChI is InChI=1S/C9H8O4.Na.H/c10-9(11)4-6-1-2-7-8(3-6)13-5-12-7;;/h1-3H,4-5H2,(H,10,11);;. The van der Waals surface area contributed by atoms with Crippen LogP contribution in [-0.4, -0.2) is 47.4 Å². The summed E-state index contributed by atoms with van der Waals surface area (Å²) in [5, 5.41) is 8.54. The van der Waals surface area contributed by atoms with Crippen molar-refractivity contribution in [2.45, 2.75) is 6.42 Å². The van der Waals surface area contributed by atoms with Crippen LogP contribution < -0.4 is 9.47 Å². The molecule has 70 valence electrons. The summed E-state index contributed by atoms with van der Waals surface area (Å²) in [6.45, 7) is 0.214. The molecule has 0 aromatic heterocycles. The van der Waals surface area contributed by atoms with Gasteiger partial charge in [0.1, 0.15) is 0 Å². The number of hydrogen-bond acceptors (Lipinski definition) is 3. The van der Waals surface area contributed by atoms with Crippen LogP contribution in [0.5, 0.6) is 11.5 Å². The first-order valence-electron chi connectivity index (χ1n) is 3.86. The number of rotatable bonds is 2. The fourth-order valence-electron chi connectivity index (χ4n) is 1.23. The third kappa shape index (κ3) is 2.41. The third-order valence-corrected chi connectivity index (χ3v) is 1.79. The molecule has 0 aliphatic carbocycles. The summed E-state index contributed by atoms with van der Waals surface area (Å²) < 4.78 is 10.2. The van der Waals surface area contributed by atoms with Gasteiger partial charge in [0.15, 0.2) is 11.5 Å². The van der Waals surface area contributed by atoms with Crippen molar-refractivity contribution in [3.8, 4) is 11.5 Å². The first-order valence-corrected chi connectivity index (χ1v) is 3.86. The van der Waals surface area contributed by atoms with Gasteiger partial charge >= 0.3 is 35.5 Å². The molecular formula is C9H9NaO4. The van der Waals surface area contributed by atoms with Gasteiger partial charge in [-0.1, -0.05) is 6.07 Å². The summed E-state index contributed by atoms with van der Waals surface area (Å²) in [4.78, 5) is 10.4. The molecule has 0 saturated heterocycles. The van der Waals surface area contributed by atoms with Crippen molar-refractivity contribution < 1.29 is 19.4 Å². The van der Waals surface area contributed by atoms with Crippen LogP contribution in [0.1, 0.15) is 5.56 Å². The molecule has 1 heterocycles. The quantitative estimate of drug-likeness (QED) is 0.708. The Kier molecular flexibility index (Phi) is 3.80. The second-order valence-corrected chi connectivity index (χ2v) is 2.76. The fourth-order valence-corrected chi connectivity index (χ4v) is 1.23. The van der Waals surface area contributed by atoms with Crippen molar-refractivity contribution >= 4 is 35.5 Å². The Labute approximate surface area is 103 Å². The Balaban J connectivity index is 0.000000980. The summed E-state index contributed by atoms with van der Waals surface area (Å²) >= 11 is 0. The van der Waals surface area contributed by atoms with Gasteiger partial charge in [-0.25, -0.2) is 0 Å². The second-order valence-electron chi connectivity index (χ2n) is 2.76. The molecule has 1 aromatic carbocycles. The molecule has 0 fully saturated rings. The van der Waals surface area contributed by atoms with Crippen LogP contribution in [0, 0.1) is 0 Å². The van der Waals surface area contributed by atoms with Crippen molar-refractivity contribution in [2.24, 2.45) is 0 Å². The number of hydrogen-bond donors (Lipinski definition) is 1. The SMILES string of the molecule is O=C(O)Cc1ccc2c(c1)OCO2.[NaH]. The van der Waals surface area contributed by atoms with E-state index in [4.69, 9.17) is 14.6 Å². The van der Waals surface area contributed by atoms with Gasteiger partial charge in [-0.15, -0.1) is 0 Å². The average Bonchev–Trinajstić information content (AvgIpc) is 2.49. The molecule has 1 aliphatic heterocycles. The van der Waals surface area contributed by atoms with Crippen molar-refractivity contribution in [1.82, 2.24) is 0 Å². The van der Waals surface area contributed by atoms with Crippen molar-refractivity contribution in [3.63, 3.8) is 0 Å². The number of carbonyl (C=O) groups is 1. The van der Waals surface area contributed by atoms with Crippen LogP contribution in [-0.2, 0) is 11.2 Å². The maximum absolute atomic E-state index is 10.4. The fraction of sp³-hybridized carbons (Fsp3) is 0.222. The second kappa shape index (κ2) is 4.68. The monoisotopic (exact) mass is 204 g/mol. The van der Waals surface area contributed by atoms with E-state index < -0.39 is 5.97 Å². The van der Waals surface area contributed by atoms with Gasteiger partial charge in [0.25, 0.3) is 0 Å². The zero-order valence-electron chi connectivity index (χ0n) is 6.82. The van der Waals surface area contributed by atoms with E-state index in [1.165, 1.54) is 0 Å². The van der Waals surface area contributed by atoms with E-state index >= 15 is 0 Å². The summed E-state index contributed by atoms with van der Waals surface area (Å²) in [7, 11) is 0. The minimum absolute atomic E-state index is 0. The normalized spacial score (nSPS) is 12.0. The van der Waals surface area contributed by atoms with Crippen LogP contribution in [0.3, 0.4) is 0 Å². The summed E-state index contributed by atoms with van der Waals surface area (Å²) in [5.41, 5.74) is 0.719. The number of fused-ring (bicyclic) bond motifs is 1. The number of benzene rings is 1. The van der Waals surface area contributed by atoms with Gasteiger partial charge in [-0.05, 0) is 17.7 Å². The van der Waals surface area contributed by atoms with Crippen LogP contribution in [0.25, 0.3) is 0 Å². The molecule has 14 heavy (non-hydrogen) atoms. The molecule has 0 radical (unpaired) electrons. The van der Waals surface area contributed by atoms with Gasteiger partial charge in [-0.3, -0.25) is 4.79 Å². The predicted molar refractivity (Wildman–Crippen MR) is 51.1 cm³/mol. The van der Waals surface area contributed by atoms with Crippen molar-refractivity contribution in [2.75, 3.05) is 6.79 Å². The zero-order chi connectivity index (χ0) is 9.26. The number of carboxylic acids is 1. The van der Waals surface area contributed by atoms with E-state index in [0.29, 0.717) is 11.5 Å². The molecule has 0 spiro atoms.